The Kier molecular flexibility index (Phi) is 6.02. The topological polar surface area (TPSA) is 64.0 Å². The largest absolute Gasteiger partial charge is 0.354 e. The summed E-state index contributed by atoms with van der Waals surface area (Å²) >= 11 is 1.65. The van der Waals surface area contributed by atoms with Crippen LogP contribution in [-0.2, 0) is 11.3 Å². The average molecular weight is 303 g/mol. The van der Waals surface area contributed by atoms with E-state index in [1.165, 1.54) is 10.7 Å². The second-order valence-electron chi connectivity index (χ2n) is 4.35. The number of nitrogens with zero attached hydrogens (tertiary/aromatic N) is 2. The Morgan fingerprint density at radius 2 is 2.00 bits per heavy atom. The van der Waals surface area contributed by atoms with E-state index in [9.17, 15) is 9.59 Å². The van der Waals surface area contributed by atoms with E-state index in [2.05, 4.69) is 10.4 Å². The van der Waals surface area contributed by atoms with Crippen LogP contribution in [-0.4, -0.2) is 28.0 Å². The van der Waals surface area contributed by atoms with Gasteiger partial charge in [-0.05, 0) is 18.2 Å². The summed E-state index contributed by atoms with van der Waals surface area (Å²) in [7, 11) is 0. The zero-order chi connectivity index (χ0) is 14.9. The molecule has 0 radical (unpaired) electrons. The predicted octanol–water partition coefficient (Wildman–Crippen LogP) is 1.54. The summed E-state index contributed by atoms with van der Waals surface area (Å²) in [6, 6.07) is 13.0. The van der Waals surface area contributed by atoms with E-state index in [1.54, 1.807) is 24.0 Å². The van der Waals surface area contributed by atoms with Crippen LogP contribution in [0.1, 0.15) is 6.42 Å². The molecule has 0 aliphatic carbocycles. The zero-order valence-corrected chi connectivity index (χ0v) is 12.4. The van der Waals surface area contributed by atoms with Crippen molar-refractivity contribution >= 4 is 17.7 Å². The molecule has 1 amide bonds. The molecule has 1 aromatic heterocycles. The molecule has 0 bridgehead atoms. The van der Waals surface area contributed by atoms with Crippen molar-refractivity contribution in [2.45, 2.75) is 17.9 Å². The number of rotatable bonds is 7. The Bertz CT molecular complexity index is 628. The fourth-order valence-corrected chi connectivity index (χ4v) is 2.60. The Morgan fingerprint density at radius 1 is 1.19 bits per heavy atom. The van der Waals surface area contributed by atoms with E-state index >= 15 is 0 Å². The number of carbonyl (C=O) groups excluding carboxylic acids is 1. The maximum atomic E-state index is 11.7. The second-order valence-corrected chi connectivity index (χ2v) is 5.51. The highest BCUT2D eigenvalue weighted by Crippen LogP contribution is 2.17. The Hall–Kier alpha value is -2.08. The van der Waals surface area contributed by atoms with E-state index in [1.807, 2.05) is 30.3 Å². The van der Waals surface area contributed by atoms with Gasteiger partial charge in [0.25, 0.3) is 5.56 Å². The number of hydrogen-bond acceptors (Lipinski definition) is 4. The van der Waals surface area contributed by atoms with Crippen LogP contribution in [0.15, 0.2) is 58.4 Å². The van der Waals surface area contributed by atoms with Gasteiger partial charge >= 0.3 is 0 Å². The molecule has 1 aromatic carbocycles. The smallest absolute Gasteiger partial charge is 0.266 e. The minimum Gasteiger partial charge on any atom is -0.354 e. The standard InChI is InChI=1S/C15H17N3O2S/c19-14(8-12-21-13-5-2-1-3-6-13)16-10-11-18-15(20)7-4-9-17-18/h1-7,9H,8,10-12H2,(H,16,19). The molecule has 0 atom stereocenters. The van der Waals surface area contributed by atoms with Gasteiger partial charge in [-0.1, -0.05) is 18.2 Å². The van der Waals surface area contributed by atoms with Gasteiger partial charge in [0.2, 0.25) is 5.91 Å². The van der Waals surface area contributed by atoms with Crippen LogP contribution < -0.4 is 10.9 Å². The molecule has 0 saturated heterocycles. The quantitative estimate of drug-likeness (QED) is 0.788. The Morgan fingerprint density at radius 3 is 2.76 bits per heavy atom. The number of amides is 1. The van der Waals surface area contributed by atoms with Crippen molar-refractivity contribution in [3.05, 3.63) is 59.0 Å². The lowest BCUT2D eigenvalue weighted by Crippen LogP contribution is -2.31. The molecule has 110 valence electrons. The SMILES string of the molecule is O=C(CCSc1ccccc1)NCCn1ncccc1=O. The van der Waals surface area contributed by atoms with E-state index in [0.29, 0.717) is 19.5 Å². The monoisotopic (exact) mass is 303 g/mol. The van der Waals surface area contributed by atoms with Crippen molar-refractivity contribution in [1.29, 1.82) is 0 Å². The third-order valence-electron chi connectivity index (χ3n) is 2.77. The lowest BCUT2D eigenvalue weighted by atomic mass is 10.4. The molecular formula is C15H17N3O2S. The van der Waals surface area contributed by atoms with Gasteiger partial charge in [-0.25, -0.2) is 4.68 Å². The molecule has 2 aromatic rings. The molecule has 0 aliphatic rings. The molecule has 0 spiro atoms. The first-order chi connectivity index (χ1) is 10.3. The van der Waals surface area contributed by atoms with Crippen LogP contribution in [0.5, 0.6) is 0 Å². The summed E-state index contributed by atoms with van der Waals surface area (Å²) in [5.41, 5.74) is -0.161. The van der Waals surface area contributed by atoms with Gasteiger partial charge in [0.15, 0.2) is 0 Å². The lowest BCUT2D eigenvalue weighted by molar-refractivity contribution is -0.120. The molecule has 21 heavy (non-hydrogen) atoms. The number of benzene rings is 1. The minimum atomic E-state index is -0.161. The van der Waals surface area contributed by atoms with Gasteiger partial charge < -0.3 is 5.32 Å². The molecule has 1 heterocycles. The number of nitrogens with one attached hydrogen (secondary N) is 1. The summed E-state index contributed by atoms with van der Waals surface area (Å²) in [4.78, 5) is 24.2. The van der Waals surface area contributed by atoms with Crippen LogP contribution in [0.25, 0.3) is 0 Å². The van der Waals surface area contributed by atoms with Crippen LogP contribution in [0.3, 0.4) is 0 Å². The van der Waals surface area contributed by atoms with E-state index < -0.39 is 0 Å². The van der Waals surface area contributed by atoms with Crippen molar-refractivity contribution < 1.29 is 4.79 Å². The first-order valence-electron chi connectivity index (χ1n) is 6.72. The minimum absolute atomic E-state index is 0.0117. The van der Waals surface area contributed by atoms with Crippen LogP contribution in [0, 0.1) is 0 Å². The maximum Gasteiger partial charge on any atom is 0.266 e. The van der Waals surface area contributed by atoms with Crippen molar-refractivity contribution in [3.63, 3.8) is 0 Å². The van der Waals surface area contributed by atoms with Gasteiger partial charge in [0, 0.05) is 35.9 Å². The molecule has 0 saturated carbocycles. The van der Waals surface area contributed by atoms with E-state index in [-0.39, 0.29) is 11.5 Å². The Balaban J connectivity index is 1.64. The summed E-state index contributed by atoms with van der Waals surface area (Å²) in [6.45, 7) is 0.795. The van der Waals surface area contributed by atoms with E-state index in [4.69, 9.17) is 0 Å². The fourth-order valence-electron chi connectivity index (χ4n) is 1.72. The van der Waals surface area contributed by atoms with E-state index in [0.717, 1.165) is 10.6 Å². The fraction of sp³-hybridized carbons (Fsp3) is 0.267. The zero-order valence-electron chi connectivity index (χ0n) is 11.6. The Labute approximate surface area is 127 Å². The molecule has 0 aliphatic heterocycles. The maximum absolute atomic E-state index is 11.7. The summed E-state index contributed by atoms with van der Waals surface area (Å²) in [5.74, 6) is 0.724. The van der Waals surface area contributed by atoms with Crippen molar-refractivity contribution in [2.24, 2.45) is 0 Å². The highest BCUT2D eigenvalue weighted by atomic mass is 32.2. The molecule has 5 nitrogen and oxygen atoms in total. The molecule has 6 heteroatoms. The highest BCUT2D eigenvalue weighted by Gasteiger charge is 2.02. The van der Waals surface area contributed by atoms with Gasteiger partial charge in [-0.15, -0.1) is 11.8 Å². The lowest BCUT2D eigenvalue weighted by Gasteiger charge is -2.06. The van der Waals surface area contributed by atoms with Gasteiger partial charge in [-0.2, -0.15) is 5.10 Å². The van der Waals surface area contributed by atoms with Crippen molar-refractivity contribution in [1.82, 2.24) is 15.1 Å². The molecule has 2 rings (SSSR count). The summed E-state index contributed by atoms with van der Waals surface area (Å²) in [5, 5.41) is 6.72. The van der Waals surface area contributed by atoms with Crippen LogP contribution in [0.4, 0.5) is 0 Å². The number of aromatic nitrogens is 2. The summed E-state index contributed by atoms with van der Waals surface area (Å²) in [6.07, 6.45) is 2.01. The van der Waals surface area contributed by atoms with Crippen molar-refractivity contribution in [2.75, 3.05) is 12.3 Å². The second kappa shape index (κ2) is 8.26. The molecule has 1 N–H and O–H groups in total. The molecule has 0 fully saturated rings. The number of carbonyl (C=O) groups is 1. The van der Waals surface area contributed by atoms with Crippen molar-refractivity contribution in [3.8, 4) is 0 Å². The molecular weight excluding hydrogens is 286 g/mol. The first-order valence-corrected chi connectivity index (χ1v) is 7.71. The highest BCUT2D eigenvalue weighted by molar-refractivity contribution is 7.99. The third kappa shape index (κ3) is 5.43. The first kappa shape index (κ1) is 15.3. The van der Waals surface area contributed by atoms with Crippen LogP contribution in [0.2, 0.25) is 0 Å². The predicted molar refractivity (Wildman–Crippen MR) is 83.3 cm³/mol. The average Bonchev–Trinajstić information content (AvgIpc) is 2.50. The number of thioether (sulfide) groups is 1. The van der Waals surface area contributed by atoms with Gasteiger partial charge in [0.05, 0.1) is 6.54 Å². The third-order valence-corrected chi connectivity index (χ3v) is 3.79. The molecule has 0 unspecified atom stereocenters. The summed E-state index contributed by atoms with van der Waals surface area (Å²) < 4.78 is 1.33. The van der Waals surface area contributed by atoms with Crippen LogP contribution >= 0.6 is 11.8 Å². The van der Waals surface area contributed by atoms with Gasteiger partial charge in [0.1, 0.15) is 0 Å². The van der Waals surface area contributed by atoms with Gasteiger partial charge in [-0.3, -0.25) is 9.59 Å². The normalized spacial score (nSPS) is 10.3. The number of hydrogen-bond donors (Lipinski definition) is 1.